The Bertz CT molecular complexity index is 680. The highest BCUT2D eigenvalue weighted by Crippen LogP contribution is 2.16. The third-order valence-electron chi connectivity index (χ3n) is 3.10. The normalized spacial score (nSPS) is 10.5. The molecule has 0 unspecified atom stereocenters. The maximum atomic E-state index is 13.5. The number of benzene rings is 1. The number of aryl methyl sites for hydroxylation is 2. The number of aromatic nitrogens is 1. The topological polar surface area (TPSA) is 68.0 Å². The Morgan fingerprint density at radius 1 is 1.33 bits per heavy atom. The number of amides is 1. The fraction of sp³-hybridized carbons (Fsp3) is 0.200. The first kappa shape index (κ1) is 15.3. The summed E-state index contributed by atoms with van der Waals surface area (Å²) in [6.07, 6.45) is 1.34. The molecule has 21 heavy (non-hydrogen) atoms. The molecule has 3 N–H and O–H groups in total. The van der Waals surface area contributed by atoms with Crippen molar-refractivity contribution >= 4 is 23.2 Å². The average molecular weight is 308 g/mol. The summed E-state index contributed by atoms with van der Waals surface area (Å²) in [5.74, 6) is -0.577. The van der Waals surface area contributed by atoms with Gasteiger partial charge in [-0.2, -0.15) is 0 Å². The fourth-order valence-corrected chi connectivity index (χ4v) is 2.21. The third kappa shape index (κ3) is 3.49. The molecule has 0 aliphatic heterocycles. The van der Waals surface area contributed by atoms with Crippen LogP contribution in [0.25, 0.3) is 0 Å². The molecular weight excluding hydrogens is 293 g/mol. The predicted molar refractivity (Wildman–Crippen MR) is 80.7 cm³/mol. The van der Waals surface area contributed by atoms with Crippen molar-refractivity contribution < 1.29 is 9.18 Å². The molecule has 0 bridgehead atoms. The maximum absolute atomic E-state index is 13.5. The Hall–Kier alpha value is -2.14. The van der Waals surface area contributed by atoms with Gasteiger partial charge in [0.2, 0.25) is 0 Å². The summed E-state index contributed by atoms with van der Waals surface area (Å²) in [7, 11) is 0. The lowest BCUT2D eigenvalue weighted by molar-refractivity contribution is 0.0951. The number of halogens is 2. The molecule has 0 spiro atoms. The fourth-order valence-electron chi connectivity index (χ4n) is 2.05. The second-order valence-electron chi connectivity index (χ2n) is 4.82. The van der Waals surface area contributed by atoms with Gasteiger partial charge in [0.1, 0.15) is 11.0 Å². The van der Waals surface area contributed by atoms with Crippen LogP contribution < -0.4 is 11.1 Å². The van der Waals surface area contributed by atoms with Crippen LogP contribution in [0.2, 0.25) is 5.15 Å². The number of pyridine rings is 1. The molecule has 1 aromatic carbocycles. The number of nitrogens with zero attached hydrogens (tertiary/aromatic N) is 1. The van der Waals surface area contributed by atoms with Crippen LogP contribution in [0.4, 0.5) is 10.1 Å². The molecular formula is C15H15ClFN3O. The number of nitrogens with one attached hydrogen (secondary N) is 1. The summed E-state index contributed by atoms with van der Waals surface area (Å²) < 4.78 is 13.5. The van der Waals surface area contributed by atoms with E-state index in [-0.39, 0.29) is 34.7 Å². The van der Waals surface area contributed by atoms with Gasteiger partial charge in [0.25, 0.3) is 5.91 Å². The number of rotatable bonds is 3. The van der Waals surface area contributed by atoms with Gasteiger partial charge in [-0.15, -0.1) is 0 Å². The van der Waals surface area contributed by atoms with Gasteiger partial charge in [0.05, 0.1) is 17.4 Å². The molecule has 2 rings (SSSR count). The molecule has 6 heteroatoms. The minimum atomic E-state index is -0.351. The number of hydrogen-bond donors (Lipinski definition) is 2. The molecule has 0 fully saturated rings. The lowest BCUT2D eigenvalue weighted by atomic mass is 10.1. The quantitative estimate of drug-likeness (QED) is 0.857. The van der Waals surface area contributed by atoms with E-state index < -0.39 is 0 Å². The SMILES string of the molecule is Cc1cc(CNC(=O)c2cc(Cl)ncc2N)cc(C)c1F. The summed E-state index contributed by atoms with van der Waals surface area (Å²) >= 11 is 5.75. The summed E-state index contributed by atoms with van der Waals surface area (Å²) in [6.45, 7) is 3.66. The van der Waals surface area contributed by atoms with Crippen LogP contribution in [0.3, 0.4) is 0 Å². The van der Waals surface area contributed by atoms with E-state index in [0.29, 0.717) is 11.1 Å². The third-order valence-corrected chi connectivity index (χ3v) is 3.30. The number of carbonyl (C=O) groups is 1. The van der Waals surface area contributed by atoms with Crippen molar-refractivity contribution in [3.05, 3.63) is 57.6 Å². The molecule has 0 radical (unpaired) electrons. The number of nitrogens with two attached hydrogens (primary N) is 1. The van der Waals surface area contributed by atoms with Crippen LogP contribution in [-0.2, 0) is 6.54 Å². The van der Waals surface area contributed by atoms with Crippen LogP contribution in [0.5, 0.6) is 0 Å². The first-order valence-electron chi connectivity index (χ1n) is 6.33. The van der Waals surface area contributed by atoms with Crippen molar-refractivity contribution in [1.29, 1.82) is 0 Å². The summed E-state index contributed by atoms with van der Waals surface area (Å²) in [6, 6.07) is 4.81. The van der Waals surface area contributed by atoms with Gasteiger partial charge in [-0.1, -0.05) is 23.7 Å². The number of nitrogen functional groups attached to an aromatic ring is 1. The first-order valence-corrected chi connectivity index (χ1v) is 6.71. The molecule has 0 aliphatic carbocycles. The lowest BCUT2D eigenvalue weighted by Gasteiger charge is -2.10. The van der Waals surface area contributed by atoms with Gasteiger partial charge in [0.15, 0.2) is 0 Å². The van der Waals surface area contributed by atoms with E-state index in [2.05, 4.69) is 10.3 Å². The van der Waals surface area contributed by atoms with Crippen molar-refractivity contribution in [1.82, 2.24) is 10.3 Å². The Morgan fingerprint density at radius 3 is 2.57 bits per heavy atom. The van der Waals surface area contributed by atoms with Crippen LogP contribution in [-0.4, -0.2) is 10.9 Å². The number of carbonyl (C=O) groups excluding carboxylic acids is 1. The minimum Gasteiger partial charge on any atom is -0.397 e. The van der Waals surface area contributed by atoms with E-state index in [1.165, 1.54) is 12.3 Å². The maximum Gasteiger partial charge on any atom is 0.253 e. The molecule has 0 saturated heterocycles. The van der Waals surface area contributed by atoms with Gasteiger partial charge in [-0.05, 0) is 36.6 Å². The zero-order valence-corrected chi connectivity index (χ0v) is 12.5. The highest BCUT2D eigenvalue weighted by Gasteiger charge is 2.11. The molecule has 0 saturated carbocycles. The number of anilines is 1. The van der Waals surface area contributed by atoms with Crippen molar-refractivity contribution in [3.8, 4) is 0 Å². The van der Waals surface area contributed by atoms with Crippen LogP contribution in [0.1, 0.15) is 27.0 Å². The van der Waals surface area contributed by atoms with E-state index in [1.54, 1.807) is 26.0 Å². The van der Waals surface area contributed by atoms with Gasteiger partial charge in [-0.3, -0.25) is 4.79 Å². The highest BCUT2D eigenvalue weighted by molar-refractivity contribution is 6.29. The highest BCUT2D eigenvalue weighted by atomic mass is 35.5. The van der Waals surface area contributed by atoms with E-state index in [1.807, 2.05) is 0 Å². The molecule has 1 heterocycles. The lowest BCUT2D eigenvalue weighted by Crippen LogP contribution is -2.24. The van der Waals surface area contributed by atoms with Gasteiger partial charge >= 0.3 is 0 Å². The molecule has 110 valence electrons. The minimum absolute atomic E-state index is 0.197. The van der Waals surface area contributed by atoms with Crippen molar-refractivity contribution in [2.75, 3.05) is 5.73 Å². The first-order chi connectivity index (χ1) is 9.88. The summed E-state index contributed by atoms with van der Waals surface area (Å²) in [5.41, 5.74) is 8.13. The van der Waals surface area contributed by atoms with E-state index in [0.717, 1.165) is 5.56 Å². The Kier molecular flexibility index (Phi) is 4.43. The Balaban J connectivity index is 2.13. The molecule has 1 aromatic heterocycles. The van der Waals surface area contributed by atoms with Crippen LogP contribution in [0, 0.1) is 19.7 Å². The van der Waals surface area contributed by atoms with E-state index in [9.17, 15) is 9.18 Å². The van der Waals surface area contributed by atoms with Crippen LogP contribution >= 0.6 is 11.6 Å². The Morgan fingerprint density at radius 2 is 1.95 bits per heavy atom. The van der Waals surface area contributed by atoms with Crippen LogP contribution in [0.15, 0.2) is 24.4 Å². The van der Waals surface area contributed by atoms with Gasteiger partial charge in [-0.25, -0.2) is 9.37 Å². The van der Waals surface area contributed by atoms with Crippen molar-refractivity contribution in [3.63, 3.8) is 0 Å². The number of hydrogen-bond acceptors (Lipinski definition) is 3. The average Bonchev–Trinajstić information content (AvgIpc) is 2.44. The molecule has 1 amide bonds. The molecule has 4 nitrogen and oxygen atoms in total. The smallest absolute Gasteiger partial charge is 0.253 e. The molecule has 0 aliphatic rings. The van der Waals surface area contributed by atoms with Crippen molar-refractivity contribution in [2.24, 2.45) is 0 Å². The molecule has 2 aromatic rings. The Labute approximate surface area is 127 Å². The van der Waals surface area contributed by atoms with Gasteiger partial charge < -0.3 is 11.1 Å². The predicted octanol–water partition coefficient (Wildman–Crippen LogP) is 3.00. The monoisotopic (exact) mass is 307 g/mol. The molecule has 0 atom stereocenters. The summed E-state index contributed by atoms with van der Waals surface area (Å²) in [4.78, 5) is 15.9. The second-order valence-corrected chi connectivity index (χ2v) is 5.21. The van der Waals surface area contributed by atoms with E-state index >= 15 is 0 Å². The largest absolute Gasteiger partial charge is 0.397 e. The zero-order valence-electron chi connectivity index (χ0n) is 11.7. The standard InChI is InChI=1S/C15H15ClFN3O/c1-8-3-10(4-9(2)14(8)17)6-20-15(21)11-5-13(16)19-7-12(11)18/h3-5,7H,6,18H2,1-2H3,(H,20,21). The second kappa shape index (κ2) is 6.10. The van der Waals surface area contributed by atoms with E-state index in [4.69, 9.17) is 17.3 Å². The van der Waals surface area contributed by atoms with Crippen molar-refractivity contribution in [2.45, 2.75) is 20.4 Å². The zero-order chi connectivity index (χ0) is 15.6. The summed E-state index contributed by atoms with van der Waals surface area (Å²) in [5, 5.41) is 2.93. The van der Waals surface area contributed by atoms with Gasteiger partial charge in [0, 0.05) is 6.54 Å².